The minimum atomic E-state index is -0.0633. The third-order valence-corrected chi connectivity index (χ3v) is 5.32. The summed E-state index contributed by atoms with van der Waals surface area (Å²) in [5.41, 5.74) is 0.0266. The van der Waals surface area contributed by atoms with Crippen molar-refractivity contribution in [1.82, 2.24) is 4.90 Å². The number of carbonyl (C=O) groups is 1. The molecular weight excluding hydrogens is 254 g/mol. The van der Waals surface area contributed by atoms with Gasteiger partial charge >= 0.3 is 5.97 Å². The molecule has 1 atom stereocenters. The van der Waals surface area contributed by atoms with Crippen molar-refractivity contribution < 1.29 is 14.6 Å². The highest BCUT2D eigenvalue weighted by molar-refractivity contribution is 5.72. The number of esters is 1. The van der Waals surface area contributed by atoms with Crippen LogP contribution >= 0.6 is 0 Å². The molecule has 1 saturated heterocycles. The zero-order valence-electron chi connectivity index (χ0n) is 13.2. The van der Waals surface area contributed by atoms with Crippen LogP contribution in [0.1, 0.15) is 58.8 Å². The predicted octanol–water partition coefficient (Wildman–Crippen LogP) is 2.35. The van der Waals surface area contributed by atoms with Crippen molar-refractivity contribution in [1.29, 1.82) is 0 Å². The van der Waals surface area contributed by atoms with Gasteiger partial charge in [-0.3, -0.25) is 9.69 Å². The summed E-state index contributed by atoms with van der Waals surface area (Å²) in [4.78, 5) is 14.5. The third-order valence-electron chi connectivity index (χ3n) is 5.32. The summed E-state index contributed by atoms with van der Waals surface area (Å²) < 4.78 is 5.01. The monoisotopic (exact) mass is 283 g/mol. The molecule has 0 aromatic heterocycles. The molecule has 0 aromatic rings. The van der Waals surface area contributed by atoms with E-state index in [9.17, 15) is 9.90 Å². The summed E-state index contributed by atoms with van der Waals surface area (Å²) in [5.74, 6) is -0.0604. The number of likely N-dealkylation sites (tertiary alicyclic amines) is 1. The Hall–Kier alpha value is -0.610. The van der Waals surface area contributed by atoms with E-state index in [1.807, 2.05) is 0 Å². The van der Waals surface area contributed by atoms with Gasteiger partial charge in [-0.2, -0.15) is 0 Å². The van der Waals surface area contributed by atoms with E-state index < -0.39 is 0 Å². The molecule has 0 radical (unpaired) electrons. The average Bonchev–Trinajstić information content (AvgIpc) is 2.42. The highest BCUT2D eigenvalue weighted by Crippen LogP contribution is 2.48. The normalized spacial score (nSPS) is 29.3. The van der Waals surface area contributed by atoms with Crippen LogP contribution in [0.2, 0.25) is 0 Å². The van der Waals surface area contributed by atoms with Crippen molar-refractivity contribution in [3.8, 4) is 0 Å². The third kappa shape index (κ3) is 2.86. The molecule has 0 aromatic carbocycles. The lowest BCUT2D eigenvalue weighted by atomic mass is 9.66. The van der Waals surface area contributed by atoms with Crippen LogP contribution in [0.3, 0.4) is 0 Å². The van der Waals surface area contributed by atoms with E-state index in [0.717, 1.165) is 25.7 Å². The molecule has 116 valence electrons. The van der Waals surface area contributed by atoms with E-state index in [1.54, 1.807) is 0 Å². The van der Waals surface area contributed by atoms with E-state index >= 15 is 0 Å². The van der Waals surface area contributed by atoms with Gasteiger partial charge in [0.25, 0.3) is 0 Å². The van der Waals surface area contributed by atoms with Crippen LogP contribution in [0.4, 0.5) is 0 Å². The van der Waals surface area contributed by atoms with Gasteiger partial charge in [0.05, 0.1) is 19.6 Å². The zero-order chi connectivity index (χ0) is 14.8. The minimum Gasteiger partial charge on any atom is -0.469 e. The van der Waals surface area contributed by atoms with Crippen molar-refractivity contribution >= 4 is 5.97 Å². The molecule has 4 nitrogen and oxygen atoms in total. The molecule has 4 heteroatoms. The van der Waals surface area contributed by atoms with E-state index in [2.05, 4.69) is 18.7 Å². The first kappa shape index (κ1) is 15.8. The first-order chi connectivity index (χ1) is 9.45. The highest BCUT2D eigenvalue weighted by atomic mass is 16.5. The topological polar surface area (TPSA) is 49.8 Å². The standard InChI is InChI=1S/C16H29NO3/c1-15(2)11-13(14(19)20-3)12-16(17(15)9-10-18)7-5-4-6-8-16/h13,18H,4-12H2,1-3H3. The molecule has 1 unspecified atom stereocenters. The van der Waals surface area contributed by atoms with Crippen molar-refractivity contribution in [2.45, 2.75) is 69.9 Å². The van der Waals surface area contributed by atoms with Crippen LogP contribution in [0, 0.1) is 5.92 Å². The molecule has 2 aliphatic rings. The largest absolute Gasteiger partial charge is 0.469 e. The average molecular weight is 283 g/mol. The Labute approximate surface area is 122 Å². The summed E-state index contributed by atoms with van der Waals surface area (Å²) in [6.45, 7) is 5.30. The predicted molar refractivity (Wildman–Crippen MR) is 78.4 cm³/mol. The number of piperidine rings is 1. The van der Waals surface area contributed by atoms with Crippen molar-refractivity contribution in [2.24, 2.45) is 5.92 Å². The first-order valence-corrected chi connectivity index (χ1v) is 7.92. The lowest BCUT2D eigenvalue weighted by Gasteiger charge is -2.59. The van der Waals surface area contributed by atoms with Crippen molar-refractivity contribution in [3.05, 3.63) is 0 Å². The molecule has 1 N–H and O–H groups in total. The number of hydrogen-bond acceptors (Lipinski definition) is 4. The Morgan fingerprint density at radius 2 is 1.90 bits per heavy atom. The van der Waals surface area contributed by atoms with Crippen LogP contribution in [0.15, 0.2) is 0 Å². The Morgan fingerprint density at radius 3 is 2.45 bits per heavy atom. The van der Waals surface area contributed by atoms with Gasteiger partial charge in [-0.05, 0) is 39.5 Å². The number of β-amino-alcohol motifs (C(OH)–C–C–N with tert-alkyl or cyclic N) is 1. The van der Waals surface area contributed by atoms with Crippen LogP contribution in [-0.4, -0.2) is 47.3 Å². The summed E-state index contributed by atoms with van der Waals surface area (Å²) >= 11 is 0. The molecular formula is C16H29NO3. The molecule has 2 rings (SSSR count). The van der Waals surface area contributed by atoms with Gasteiger partial charge in [-0.25, -0.2) is 0 Å². The molecule has 0 bridgehead atoms. The van der Waals surface area contributed by atoms with Gasteiger partial charge < -0.3 is 9.84 Å². The van der Waals surface area contributed by atoms with Crippen LogP contribution in [0.5, 0.6) is 0 Å². The minimum absolute atomic E-state index is 0.00282. The molecule has 1 heterocycles. The second-order valence-electron chi connectivity index (χ2n) is 7.10. The number of hydrogen-bond donors (Lipinski definition) is 1. The summed E-state index contributed by atoms with van der Waals surface area (Å²) in [5, 5.41) is 9.45. The molecule has 1 spiro atoms. The maximum atomic E-state index is 12.1. The van der Waals surface area contributed by atoms with Gasteiger partial charge in [0.1, 0.15) is 0 Å². The van der Waals surface area contributed by atoms with E-state index in [-0.39, 0.29) is 29.6 Å². The van der Waals surface area contributed by atoms with Crippen molar-refractivity contribution in [3.63, 3.8) is 0 Å². The number of carbonyl (C=O) groups excluding carboxylic acids is 1. The zero-order valence-corrected chi connectivity index (χ0v) is 13.2. The van der Waals surface area contributed by atoms with E-state index in [4.69, 9.17) is 4.74 Å². The molecule has 1 saturated carbocycles. The quantitative estimate of drug-likeness (QED) is 0.808. The second kappa shape index (κ2) is 6.02. The van der Waals surface area contributed by atoms with Crippen LogP contribution < -0.4 is 0 Å². The second-order valence-corrected chi connectivity index (χ2v) is 7.10. The molecule has 20 heavy (non-hydrogen) atoms. The lowest BCUT2D eigenvalue weighted by Crippen LogP contribution is -2.65. The Balaban J connectivity index is 2.29. The summed E-state index contributed by atoms with van der Waals surface area (Å²) in [7, 11) is 1.49. The fourth-order valence-electron chi connectivity index (χ4n) is 4.65. The Bertz CT molecular complexity index is 348. The lowest BCUT2D eigenvalue weighted by molar-refractivity contribution is -0.158. The number of aliphatic hydroxyl groups excluding tert-OH is 1. The van der Waals surface area contributed by atoms with Crippen LogP contribution in [-0.2, 0) is 9.53 Å². The van der Waals surface area contributed by atoms with E-state index in [1.165, 1.54) is 26.4 Å². The molecule has 1 aliphatic heterocycles. The van der Waals surface area contributed by atoms with Gasteiger partial charge in [0.2, 0.25) is 0 Å². The smallest absolute Gasteiger partial charge is 0.308 e. The number of aliphatic hydroxyl groups is 1. The van der Waals surface area contributed by atoms with Crippen molar-refractivity contribution in [2.75, 3.05) is 20.3 Å². The van der Waals surface area contributed by atoms with Gasteiger partial charge in [0.15, 0.2) is 0 Å². The van der Waals surface area contributed by atoms with Gasteiger partial charge in [0, 0.05) is 17.6 Å². The van der Waals surface area contributed by atoms with E-state index in [0.29, 0.717) is 6.54 Å². The Kier molecular flexibility index (Phi) is 4.75. The SMILES string of the molecule is COC(=O)C1CC(C)(C)N(CCO)C2(CCCCC2)C1. The fraction of sp³-hybridized carbons (Fsp3) is 0.938. The number of rotatable bonds is 3. The number of ether oxygens (including phenoxy) is 1. The highest BCUT2D eigenvalue weighted by Gasteiger charge is 2.51. The summed E-state index contributed by atoms with van der Waals surface area (Å²) in [6.07, 6.45) is 7.74. The molecule has 0 amide bonds. The number of methoxy groups -OCH3 is 1. The number of nitrogens with zero attached hydrogens (tertiary/aromatic N) is 1. The molecule has 1 aliphatic carbocycles. The summed E-state index contributed by atoms with van der Waals surface area (Å²) in [6, 6.07) is 0. The fourth-order valence-corrected chi connectivity index (χ4v) is 4.65. The first-order valence-electron chi connectivity index (χ1n) is 7.92. The maximum absolute atomic E-state index is 12.1. The van der Waals surface area contributed by atoms with Gasteiger partial charge in [-0.15, -0.1) is 0 Å². The van der Waals surface area contributed by atoms with Gasteiger partial charge in [-0.1, -0.05) is 19.3 Å². The van der Waals surface area contributed by atoms with Crippen LogP contribution in [0.25, 0.3) is 0 Å². The maximum Gasteiger partial charge on any atom is 0.308 e. The Morgan fingerprint density at radius 1 is 1.25 bits per heavy atom. The molecule has 2 fully saturated rings.